The van der Waals surface area contributed by atoms with Gasteiger partial charge in [0.1, 0.15) is 5.82 Å². The van der Waals surface area contributed by atoms with E-state index >= 15 is 0 Å². The van der Waals surface area contributed by atoms with Crippen molar-refractivity contribution in [2.75, 3.05) is 0 Å². The van der Waals surface area contributed by atoms with Crippen LogP contribution in [0.2, 0.25) is 0 Å². The van der Waals surface area contributed by atoms with Crippen LogP contribution in [0.1, 0.15) is 0 Å². The van der Waals surface area contributed by atoms with Crippen molar-refractivity contribution in [2.24, 2.45) is 0 Å². The lowest BCUT2D eigenvalue weighted by Gasteiger charge is -2.02. The summed E-state index contributed by atoms with van der Waals surface area (Å²) in [4.78, 5) is 7.40. The van der Waals surface area contributed by atoms with Crippen molar-refractivity contribution in [3.8, 4) is 22.5 Å². The molecule has 0 bridgehead atoms. The second-order valence-electron chi connectivity index (χ2n) is 4.47. The van der Waals surface area contributed by atoms with Crippen molar-refractivity contribution in [2.45, 2.75) is 0 Å². The van der Waals surface area contributed by atoms with Crippen molar-refractivity contribution in [1.29, 1.82) is 0 Å². The van der Waals surface area contributed by atoms with Gasteiger partial charge in [0.15, 0.2) is 0 Å². The molecule has 0 aliphatic rings. The van der Waals surface area contributed by atoms with E-state index in [1.165, 1.54) is 11.1 Å². The van der Waals surface area contributed by atoms with Gasteiger partial charge in [0.25, 0.3) is 0 Å². The van der Waals surface area contributed by atoms with Crippen LogP contribution in [0.15, 0.2) is 59.2 Å². The number of imidazole rings is 1. The zero-order valence-corrected chi connectivity index (χ0v) is 10.4. The first kappa shape index (κ1) is 10.9. The normalized spacial score (nSPS) is 11.0. The van der Waals surface area contributed by atoms with Gasteiger partial charge in [-0.25, -0.2) is 9.61 Å². The maximum Gasteiger partial charge on any atom is 0.243 e. The number of nitrogens with one attached hydrogen (secondary N) is 1. The molecular formula is C15H10N4O. The Hall–Kier alpha value is -2.95. The van der Waals surface area contributed by atoms with Crippen LogP contribution < -0.4 is 0 Å². The van der Waals surface area contributed by atoms with Crippen molar-refractivity contribution < 1.29 is 4.63 Å². The van der Waals surface area contributed by atoms with Crippen molar-refractivity contribution in [3.05, 3.63) is 54.6 Å². The number of H-pyrrole nitrogens is 1. The summed E-state index contributed by atoms with van der Waals surface area (Å²) in [6.45, 7) is 0. The third-order valence-electron chi connectivity index (χ3n) is 3.19. The molecule has 0 aliphatic heterocycles. The van der Waals surface area contributed by atoms with E-state index in [0.717, 1.165) is 11.4 Å². The van der Waals surface area contributed by atoms with Crippen LogP contribution in [0.4, 0.5) is 0 Å². The first-order valence-electron chi connectivity index (χ1n) is 6.24. The highest BCUT2D eigenvalue weighted by molar-refractivity contribution is 5.73. The quantitative estimate of drug-likeness (QED) is 0.602. The summed E-state index contributed by atoms with van der Waals surface area (Å²) in [5, 5.41) is 7.43. The van der Waals surface area contributed by atoms with Crippen LogP contribution in [0.25, 0.3) is 33.8 Å². The van der Waals surface area contributed by atoms with E-state index in [9.17, 15) is 0 Å². The van der Waals surface area contributed by atoms with Crippen LogP contribution in [-0.2, 0) is 0 Å². The third-order valence-corrected chi connectivity index (χ3v) is 3.19. The summed E-state index contributed by atoms with van der Waals surface area (Å²) in [5.74, 6) is 0.741. The van der Waals surface area contributed by atoms with Crippen molar-refractivity contribution in [1.82, 2.24) is 20.3 Å². The SMILES string of the molecule is c1ccc(-c2ccc(-c3nc4nonc4[nH]3)cc2)cc1. The van der Waals surface area contributed by atoms with Crippen LogP contribution in [0.5, 0.6) is 0 Å². The number of fused-ring (bicyclic) bond motifs is 1. The molecule has 4 aromatic rings. The molecule has 2 aromatic heterocycles. The summed E-state index contributed by atoms with van der Waals surface area (Å²) in [7, 11) is 0. The maximum absolute atomic E-state index is 4.58. The summed E-state index contributed by atoms with van der Waals surface area (Å²) in [6, 6.07) is 18.4. The average molecular weight is 262 g/mol. The second kappa shape index (κ2) is 4.31. The molecule has 0 amide bonds. The van der Waals surface area contributed by atoms with Gasteiger partial charge in [-0.05, 0) is 21.4 Å². The predicted octanol–water partition coefficient (Wildman–Crippen LogP) is 3.28. The minimum absolute atomic E-state index is 0.493. The third kappa shape index (κ3) is 1.76. The lowest BCUT2D eigenvalue weighted by atomic mass is 10.0. The van der Waals surface area contributed by atoms with Gasteiger partial charge in [-0.1, -0.05) is 54.6 Å². The first-order chi connectivity index (χ1) is 9.90. The first-order valence-corrected chi connectivity index (χ1v) is 6.24. The number of hydrogen-bond acceptors (Lipinski definition) is 4. The van der Waals surface area contributed by atoms with Gasteiger partial charge in [-0.2, -0.15) is 0 Å². The van der Waals surface area contributed by atoms with Crippen molar-refractivity contribution in [3.63, 3.8) is 0 Å². The Labute approximate surface area is 114 Å². The minimum Gasteiger partial charge on any atom is -0.318 e. The van der Waals surface area contributed by atoms with E-state index in [4.69, 9.17) is 0 Å². The number of nitrogens with zero attached hydrogens (tertiary/aromatic N) is 3. The molecule has 0 atom stereocenters. The second-order valence-corrected chi connectivity index (χ2v) is 4.47. The van der Waals surface area contributed by atoms with Gasteiger partial charge in [0.2, 0.25) is 11.3 Å². The van der Waals surface area contributed by atoms with Gasteiger partial charge in [0, 0.05) is 5.56 Å². The smallest absolute Gasteiger partial charge is 0.243 e. The highest BCUT2D eigenvalue weighted by Gasteiger charge is 2.09. The Morgan fingerprint density at radius 2 is 1.45 bits per heavy atom. The molecule has 1 N–H and O–H groups in total. The molecule has 0 unspecified atom stereocenters. The summed E-state index contributed by atoms with van der Waals surface area (Å²) >= 11 is 0. The molecule has 0 saturated carbocycles. The van der Waals surface area contributed by atoms with Crippen LogP contribution in [0, 0.1) is 0 Å². The van der Waals surface area contributed by atoms with Gasteiger partial charge >= 0.3 is 0 Å². The highest BCUT2D eigenvalue weighted by atomic mass is 16.6. The molecule has 0 saturated heterocycles. The molecule has 4 rings (SSSR count). The summed E-state index contributed by atoms with van der Waals surface area (Å²) in [5.41, 5.74) is 4.41. The highest BCUT2D eigenvalue weighted by Crippen LogP contribution is 2.24. The molecule has 0 radical (unpaired) electrons. The average Bonchev–Trinajstić information content (AvgIpc) is 3.10. The Bertz CT molecular complexity index is 818. The fourth-order valence-corrected chi connectivity index (χ4v) is 2.17. The summed E-state index contributed by atoms with van der Waals surface area (Å²) in [6.07, 6.45) is 0. The predicted molar refractivity (Wildman–Crippen MR) is 74.8 cm³/mol. The van der Waals surface area contributed by atoms with E-state index < -0.39 is 0 Å². The molecule has 2 aromatic carbocycles. The molecule has 5 heteroatoms. The van der Waals surface area contributed by atoms with Crippen LogP contribution in [-0.4, -0.2) is 20.3 Å². The molecule has 0 fully saturated rings. The Kier molecular flexibility index (Phi) is 2.35. The molecule has 96 valence electrons. The largest absolute Gasteiger partial charge is 0.318 e. The Morgan fingerprint density at radius 3 is 2.20 bits per heavy atom. The molecule has 5 nitrogen and oxygen atoms in total. The summed E-state index contributed by atoms with van der Waals surface area (Å²) < 4.78 is 4.58. The molecule has 0 aliphatic carbocycles. The van der Waals surface area contributed by atoms with Crippen LogP contribution in [0.3, 0.4) is 0 Å². The number of rotatable bonds is 2. The number of aromatic amines is 1. The molecule has 0 spiro atoms. The van der Waals surface area contributed by atoms with Gasteiger partial charge in [-0.3, -0.25) is 0 Å². The zero-order chi connectivity index (χ0) is 13.4. The van der Waals surface area contributed by atoms with Crippen molar-refractivity contribution >= 4 is 11.3 Å². The molecule has 20 heavy (non-hydrogen) atoms. The standard InChI is InChI=1S/C15H10N4O/c1-2-4-10(5-3-1)11-6-8-12(9-7-11)13-16-14-15(17-13)19-20-18-14/h1-9H,(H,16,17,18,19). The fourth-order valence-electron chi connectivity index (χ4n) is 2.17. The molecule has 2 heterocycles. The van der Waals surface area contributed by atoms with Gasteiger partial charge in [0.05, 0.1) is 0 Å². The van der Waals surface area contributed by atoms with E-state index in [1.54, 1.807) is 0 Å². The van der Waals surface area contributed by atoms with Gasteiger partial charge < -0.3 is 4.98 Å². The lowest BCUT2D eigenvalue weighted by molar-refractivity contribution is 0.313. The molecular weight excluding hydrogens is 252 g/mol. The van der Waals surface area contributed by atoms with Gasteiger partial charge in [-0.15, -0.1) is 0 Å². The fraction of sp³-hybridized carbons (Fsp3) is 0. The Morgan fingerprint density at radius 1 is 0.750 bits per heavy atom. The van der Waals surface area contributed by atoms with E-state index in [2.05, 4.69) is 49.2 Å². The van der Waals surface area contributed by atoms with E-state index in [0.29, 0.717) is 11.3 Å². The maximum atomic E-state index is 4.58. The Balaban J connectivity index is 1.72. The number of aromatic nitrogens is 4. The topological polar surface area (TPSA) is 67.6 Å². The minimum atomic E-state index is 0.493. The van der Waals surface area contributed by atoms with E-state index in [-0.39, 0.29) is 0 Å². The number of hydrogen-bond donors (Lipinski definition) is 1. The number of benzene rings is 2. The lowest BCUT2D eigenvalue weighted by Crippen LogP contribution is -1.82. The monoisotopic (exact) mass is 262 g/mol. The van der Waals surface area contributed by atoms with Crippen LogP contribution >= 0.6 is 0 Å². The zero-order valence-electron chi connectivity index (χ0n) is 10.4. The van der Waals surface area contributed by atoms with E-state index in [1.807, 2.05) is 30.3 Å².